The molecule has 0 amide bonds. The summed E-state index contributed by atoms with van der Waals surface area (Å²) in [6.45, 7) is 6.44. The van der Waals surface area contributed by atoms with E-state index < -0.39 is 10.0 Å². The Morgan fingerprint density at radius 2 is 2.11 bits per heavy atom. The molecule has 0 atom stereocenters. The number of nitrogens with zero attached hydrogens (tertiary/aromatic N) is 2. The Morgan fingerprint density at radius 3 is 2.67 bits per heavy atom. The summed E-state index contributed by atoms with van der Waals surface area (Å²) in [5.41, 5.74) is -0.0315. The van der Waals surface area contributed by atoms with Crippen LogP contribution in [-0.4, -0.2) is 19.9 Å². The molecule has 1 aromatic rings. The Bertz CT molecular complexity index is 553. The number of nitriles is 1. The monoisotopic (exact) mass is 267 g/mol. The zero-order valence-electron chi connectivity index (χ0n) is 10.8. The van der Waals surface area contributed by atoms with Crippen LogP contribution in [0.2, 0.25) is 0 Å². The minimum atomic E-state index is -3.66. The molecule has 0 unspecified atom stereocenters. The normalized spacial score (nSPS) is 12.1. The summed E-state index contributed by atoms with van der Waals surface area (Å²) in [5.74, 6) is 0. The van der Waals surface area contributed by atoms with Gasteiger partial charge in [-0.25, -0.2) is 18.1 Å². The lowest BCUT2D eigenvalue weighted by atomic mass is 9.93. The van der Waals surface area contributed by atoms with Gasteiger partial charge < -0.3 is 0 Å². The topological polar surface area (TPSA) is 82.8 Å². The molecule has 1 N–H and O–H groups in total. The smallest absolute Gasteiger partial charge is 0.243 e. The van der Waals surface area contributed by atoms with Crippen molar-refractivity contribution in [3.05, 3.63) is 24.0 Å². The number of nitrogens with one attached hydrogen (secondary N) is 1. The van der Waals surface area contributed by atoms with E-state index in [1.54, 1.807) is 6.07 Å². The third-order valence-electron chi connectivity index (χ3n) is 2.33. The first-order valence-corrected chi connectivity index (χ1v) is 7.09. The molecule has 0 aliphatic rings. The second-order valence-electron chi connectivity index (χ2n) is 5.17. The molecule has 0 bridgehead atoms. The van der Waals surface area contributed by atoms with Crippen LogP contribution in [0.3, 0.4) is 0 Å². The van der Waals surface area contributed by atoms with E-state index in [-0.39, 0.29) is 16.0 Å². The van der Waals surface area contributed by atoms with Crippen molar-refractivity contribution in [3.8, 4) is 6.07 Å². The zero-order valence-corrected chi connectivity index (χ0v) is 11.6. The number of aromatic nitrogens is 1. The number of pyridine rings is 1. The summed E-state index contributed by atoms with van der Waals surface area (Å²) in [5, 5.41) is 8.83. The van der Waals surface area contributed by atoms with Crippen molar-refractivity contribution in [3.63, 3.8) is 0 Å². The van der Waals surface area contributed by atoms with Crippen molar-refractivity contribution in [2.75, 3.05) is 6.54 Å². The van der Waals surface area contributed by atoms with Gasteiger partial charge in [0.25, 0.3) is 0 Å². The number of rotatable bonds is 4. The quantitative estimate of drug-likeness (QED) is 0.899. The molecule has 1 aromatic heterocycles. The Morgan fingerprint density at radius 1 is 1.44 bits per heavy atom. The maximum atomic E-state index is 12.0. The summed E-state index contributed by atoms with van der Waals surface area (Å²) in [6, 6.07) is 4.66. The summed E-state index contributed by atoms with van der Waals surface area (Å²) in [7, 11) is -3.66. The highest BCUT2D eigenvalue weighted by atomic mass is 32.2. The SMILES string of the molecule is CC(C)(C)CCNS(=O)(=O)c1cccnc1C#N. The molecule has 6 heteroatoms. The second kappa shape index (κ2) is 5.46. The van der Waals surface area contributed by atoms with E-state index >= 15 is 0 Å². The molecular formula is C12H17N3O2S. The molecule has 98 valence electrons. The van der Waals surface area contributed by atoms with Gasteiger partial charge in [0.1, 0.15) is 11.0 Å². The number of hydrogen-bond donors (Lipinski definition) is 1. The van der Waals surface area contributed by atoms with E-state index in [1.165, 1.54) is 18.3 Å². The molecule has 1 rings (SSSR count). The molecule has 18 heavy (non-hydrogen) atoms. The maximum Gasteiger partial charge on any atom is 0.243 e. The van der Waals surface area contributed by atoms with Crippen molar-refractivity contribution in [2.45, 2.75) is 32.1 Å². The van der Waals surface area contributed by atoms with Crippen LogP contribution in [0.4, 0.5) is 0 Å². The standard InChI is InChI=1S/C12H17N3O2S/c1-12(2,3)6-8-15-18(16,17)11-5-4-7-14-10(11)9-13/h4-5,7,15H,6,8H2,1-3H3. The summed E-state index contributed by atoms with van der Waals surface area (Å²) in [4.78, 5) is 3.67. The van der Waals surface area contributed by atoms with Crippen LogP contribution in [0.1, 0.15) is 32.9 Å². The third-order valence-corrected chi connectivity index (χ3v) is 3.83. The third kappa shape index (κ3) is 4.09. The fourth-order valence-corrected chi connectivity index (χ4v) is 2.47. The van der Waals surface area contributed by atoms with Crippen LogP contribution in [0, 0.1) is 16.7 Å². The lowest BCUT2D eigenvalue weighted by Gasteiger charge is -2.18. The van der Waals surface area contributed by atoms with E-state index in [1.807, 2.05) is 20.8 Å². The summed E-state index contributed by atoms with van der Waals surface area (Å²) < 4.78 is 26.5. The predicted molar refractivity (Wildman–Crippen MR) is 68.2 cm³/mol. The van der Waals surface area contributed by atoms with Crippen LogP contribution in [-0.2, 0) is 10.0 Å². The van der Waals surface area contributed by atoms with Gasteiger partial charge in [-0.3, -0.25) is 0 Å². The van der Waals surface area contributed by atoms with Gasteiger partial charge in [-0.1, -0.05) is 20.8 Å². The fourth-order valence-electron chi connectivity index (χ4n) is 1.33. The van der Waals surface area contributed by atoms with Gasteiger partial charge in [0, 0.05) is 12.7 Å². The van der Waals surface area contributed by atoms with Crippen LogP contribution < -0.4 is 4.72 Å². The van der Waals surface area contributed by atoms with Crippen LogP contribution in [0.5, 0.6) is 0 Å². The molecular weight excluding hydrogens is 250 g/mol. The molecule has 0 aromatic carbocycles. The molecule has 0 radical (unpaired) electrons. The van der Waals surface area contributed by atoms with Crippen LogP contribution in [0.25, 0.3) is 0 Å². The number of sulfonamides is 1. The highest BCUT2D eigenvalue weighted by molar-refractivity contribution is 7.89. The van der Waals surface area contributed by atoms with Gasteiger partial charge in [-0.05, 0) is 24.0 Å². The van der Waals surface area contributed by atoms with Crippen molar-refractivity contribution < 1.29 is 8.42 Å². The van der Waals surface area contributed by atoms with Crippen molar-refractivity contribution in [1.29, 1.82) is 5.26 Å². The van der Waals surface area contributed by atoms with Crippen LogP contribution in [0.15, 0.2) is 23.2 Å². The lowest BCUT2D eigenvalue weighted by molar-refractivity contribution is 0.378. The Balaban J connectivity index is 2.85. The lowest BCUT2D eigenvalue weighted by Crippen LogP contribution is -2.28. The summed E-state index contributed by atoms with van der Waals surface area (Å²) in [6.07, 6.45) is 2.11. The van der Waals surface area contributed by atoms with Crippen molar-refractivity contribution in [1.82, 2.24) is 9.71 Å². The average molecular weight is 267 g/mol. The first kappa shape index (κ1) is 14.6. The molecule has 0 saturated carbocycles. The van der Waals surface area contributed by atoms with E-state index in [4.69, 9.17) is 5.26 Å². The highest BCUT2D eigenvalue weighted by Gasteiger charge is 2.19. The van der Waals surface area contributed by atoms with E-state index in [0.29, 0.717) is 13.0 Å². The Labute approximate surface area is 108 Å². The Hall–Kier alpha value is -1.45. The Kier molecular flexibility index (Phi) is 4.43. The van der Waals surface area contributed by atoms with Gasteiger partial charge in [-0.2, -0.15) is 5.26 Å². The zero-order chi connectivity index (χ0) is 13.8. The van der Waals surface area contributed by atoms with Gasteiger partial charge in [-0.15, -0.1) is 0 Å². The van der Waals surface area contributed by atoms with E-state index in [9.17, 15) is 8.42 Å². The van der Waals surface area contributed by atoms with Gasteiger partial charge in [0.05, 0.1) is 0 Å². The predicted octanol–water partition coefficient (Wildman–Crippen LogP) is 1.67. The van der Waals surface area contributed by atoms with E-state index in [2.05, 4.69) is 9.71 Å². The minimum Gasteiger partial charge on any atom is -0.244 e. The van der Waals surface area contributed by atoms with Crippen molar-refractivity contribution in [2.24, 2.45) is 5.41 Å². The second-order valence-corrected chi connectivity index (χ2v) is 6.91. The van der Waals surface area contributed by atoms with Gasteiger partial charge in [0.15, 0.2) is 5.69 Å². The largest absolute Gasteiger partial charge is 0.244 e. The fraction of sp³-hybridized carbons (Fsp3) is 0.500. The van der Waals surface area contributed by atoms with Crippen LogP contribution >= 0.6 is 0 Å². The number of hydrogen-bond acceptors (Lipinski definition) is 4. The average Bonchev–Trinajstić information content (AvgIpc) is 2.27. The molecule has 5 nitrogen and oxygen atoms in total. The highest BCUT2D eigenvalue weighted by Crippen LogP contribution is 2.18. The van der Waals surface area contributed by atoms with Gasteiger partial charge >= 0.3 is 0 Å². The van der Waals surface area contributed by atoms with Crippen molar-refractivity contribution >= 4 is 10.0 Å². The first-order chi connectivity index (χ1) is 8.26. The molecule has 0 fully saturated rings. The minimum absolute atomic E-state index is 0.0511. The molecule has 0 spiro atoms. The maximum absolute atomic E-state index is 12.0. The van der Waals surface area contributed by atoms with Gasteiger partial charge in [0.2, 0.25) is 10.0 Å². The molecule has 0 aliphatic carbocycles. The molecule has 0 saturated heterocycles. The molecule has 0 aliphatic heterocycles. The first-order valence-electron chi connectivity index (χ1n) is 5.61. The molecule has 1 heterocycles. The summed E-state index contributed by atoms with van der Waals surface area (Å²) >= 11 is 0. The van der Waals surface area contributed by atoms with E-state index in [0.717, 1.165) is 0 Å².